The number of rotatable bonds is 4. The fourth-order valence-corrected chi connectivity index (χ4v) is 1.99. The maximum Gasteiger partial charge on any atom is 0.303 e. The highest BCUT2D eigenvalue weighted by Crippen LogP contribution is 2.23. The van der Waals surface area contributed by atoms with Crippen LogP contribution in [0.15, 0.2) is 0 Å². The van der Waals surface area contributed by atoms with Crippen LogP contribution in [0.1, 0.15) is 20.8 Å². The van der Waals surface area contributed by atoms with Gasteiger partial charge in [0.2, 0.25) is 5.91 Å². The largest absolute Gasteiger partial charge is 0.463 e. The van der Waals surface area contributed by atoms with Crippen molar-refractivity contribution >= 4 is 17.8 Å². The third-order valence-corrected chi connectivity index (χ3v) is 2.82. The zero-order chi connectivity index (χ0) is 16.2. The standard InChI is InChI=1S/C12H19NO8/c1-5(14)13-9-11(20-7(3)16)10(17)8(21-12(9)18)4-19-6(2)15/h8-12,17-18H,4H2,1-3H3,(H,13,14)/t8?,9?,10-,11?,12-/m1/s1. The Morgan fingerprint density at radius 2 is 1.76 bits per heavy atom. The van der Waals surface area contributed by atoms with E-state index in [4.69, 9.17) is 14.2 Å². The number of amides is 1. The predicted molar refractivity (Wildman–Crippen MR) is 66.7 cm³/mol. The topological polar surface area (TPSA) is 131 Å². The molecule has 1 aliphatic heterocycles. The summed E-state index contributed by atoms with van der Waals surface area (Å²) in [6.07, 6.45) is -5.22. The lowest BCUT2D eigenvalue weighted by atomic mass is 9.96. The molecule has 0 aliphatic carbocycles. The molecule has 0 radical (unpaired) electrons. The van der Waals surface area contributed by atoms with Crippen LogP contribution in [0.3, 0.4) is 0 Å². The van der Waals surface area contributed by atoms with Crippen LogP contribution >= 0.6 is 0 Å². The molecule has 1 fully saturated rings. The van der Waals surface area contributed by atoms with Gasteiger partial charge in [0.1, 0.15) is 24.9 Å². The van der Waals surface area contributed by atoms with Crippen molar-refractivity contribution in [3.05, 3.63) is 0 Å². The molecule has 0 bridgehead atoms. The zero-order valence-corrected chi connectivity index (χ0v) is 11.9. The minimum Gasteiger partial charge on any atom is -0.463 e. The van der Waals surface area contributed by atoms with Crippen LogP contribution < -0.4 is 5.32 Å². The van der Waals surface area contributed by atoms with Gasteiger partial charge in [-0.15, -0.1) is 0 Å². The summed E-state index contributed by atoms with van der Waals surface area (Å²) in [5.41, 5.74) is 0. The molecule has 21 heavy (non-hydrogen) atoms. The number of hydrogen-bond donors (Lipinski definition) is 3. The van der Waals surface area contributed by atoms with Gasteiger partial charge < -0.3 is 29.7 Å². The minimum atomic E-state index is -1.53. The number of esters is 2. The molecule has 5 atom stereocenters. The van der Waals surface area contributed by atoms with Gasteiger partial charge in [0.25, 0.3) is 0 Å². The van der Waals surface area contributed by atoms with Crippen LogP contribution in [0.25, 0.3) is 0 Å². The fraction of sp³-hybridized carbons (Fsp3) is 0.750. The first-order valence-electron chi connectivity index (χ1n) is 6.31. The van der Waals surface area contributed by atoms with E-state index in [1.165, 1.54) is 13.8 Å². The SMILES string of the molecule is CC(=O)NC1C(OC(C)=O)[C@H](O)C(COC(C)=O)O[C@H]1O. The van der Waals surface area contributed by atoms with E-state index in [0.717, 1.165) is 6.92 Å². The Bertz CT molecular complexity index is 412. The van der Waals surface area contributed by atoms with Crippen molar-refractivity contribution in [2.24, 2.45) is 0 Å². The summed E-state index contributed by atoms with van der Waals surface area (Å²) >= 11 is 0. The van der Waals surface area contributed by atoms with Gasteiger partial charge in [-0.3, -0.25) is 14.4 Å². The molecule has 1 amide bonds. The lowest BCUT2D eigenvalue weighted by Gasteiger charge is -2.42. The summed E-state index contributed by atoms with van der Waals surface area (Å²) < 4.78 is 14.7. The summed E-state index contributed by atoms with van der Waals surface area (Å²) in [7, 11) is 0. The quantitative estimate of drug-likeness (QED) is 0.511. The molecular weight excluding hydrogens is 286 g/mol. The average Bonchev–Trinajstić information content (AvgIpc) is 2.35. The van der Waals surface area contributed by atoms with Crippen LogP contribution in [0.4, 0.5) is 0 Å². The third-order valence-electron chi connectivity index (χ3n) is 2.82. The van der Waals surface area contributed by atoms with E-state index in [1.807, 2.05) is 0 Å². The smallest absolute Gasteiger partial charge is 0.303 e. The number of hydrogen-bond acceptors (Lipinski definition) is 8. The highest BCUT2D eigenvalue weighted by Gasteiger charge is 2.47. The molecule has 0 aromatic rings. The highest BCUT2D eigenvalue weighted by molar-refractivity contribution is 5.73. The summed E-state index contributed by atoms with van der Waals surface area (Å²) in [6.45, 7) is 3.18. The molecule has 0 spiro atoms. The van der Waals surface area contributed by atoms with Crippen molar-refractivity contribution < 1.29 is 38.8 Å². The van der Waals surface area contributed by atoms with Crippen LogP contribution in [0, 0.1) is 0 Å². The van der Waals surface area contributed by atoms with Gasteiger partial charge in [0, 0.05) is 20.8 Å². The Labute approximate surface area is 121 Å². The van der Waals surface area contributed by atoms with Crippen molar-refractivity contribution in [2.45, 2.75) is 51.4 Å². The second kappa shape index (κ2) is 7.34. The monoisotopic (exact) mass is 305 g/mol. The van der Waals surface area contributed by atoms with E-state index in [0.29, 0.717) is 0 Å². The van der Waals surface area contributed by atoms with Gasteiger partial charge in [0.05, 0.1) is 0 Å². The van der Waals surface area contributed by atoms with Crippen LogP contribution in [-0.2, 0) is 28.6 Å². The van der Waals surface area contributed by atoms with Gasteiger partial charge in [-0.25, -0.2) is 0 Å². The Hall–Kier alpha value is -1.71. The molecule has 3 N–H and O–H groups in total. The van der Waals surface area contributed by atoms with E-state index in [2.05, 4.69) is 5.32 Å². The number of aliphatic hydroxyl groups excluding tert-OH is 2. The number of carbonyl (C=O) groups excluding carboxylic acids is 3. The average molecular weight is 305 g/mol. The maximum atomic E-state index is 11.1. The minimum absolute atomic E-state index is 0.321. The summed E-state index contributed by atoms with van der Waals surface area (Å²) in [4.78, 5) is 33.0. The van der Waals surface area contributed by atoms with Gasteiger partial charge in [-0.2, -0.15) is 0 Å². The first-order chi connectivity index (χ1) is 9.72. The maximum absolute atomic E-state index is 11.1. The number of carbonyl (C=O) groups is 3. The van der Waals surface area contributed by atoms with Crippen LogP contribution in [0.2, 0.25) is 0 Å². The van der Waals surface area contributed by atoms with Crippen molar-refractivity contribution in [2.75, 3.05) is 6.61 Å². The van der Waals surface area contributed by atoms with Crippen molar-refractivity contribution in [3.63, 3.8) is 0 Å². The lowest BCUT2D eigenvalue weighted by Crippen LogP contribution is -2.65. The molecular formula is C12H19NO8. The Kier molecular flexibility index (Phi) is 6.06. The van der Waals surface area contributed by atoms with E-state index in [1.54, 1.807) is 0 Å². The molecule has 1 rings (SSSR count). The van der Waals surface area contributed by atoms with Gasteiger partial charge in [-0.1, -0.05) is 0 Å². The van der Waals surface area contributed by atoms with Crippen LogP contribution in [-0.4, -0.2) is 65.3 Å². The molecule has 1 heterocycles. The Morgan fingerprint density at radius 1 is 1.14 bits per heavy atom. The van der Waals surface area contributed by atoms with E-state index in [9.17, 15) is 24.6 Å². The van der Waals surface area contributed by atoms with Crippen molar-refractivity contribution in [3.8, 4) is 0 Å². The Balaban J connectivity index is 2.87. The predicted octanol–water partition coefficient (Wildman–Crippen LogP) is -1.94. The molecule has 0 saturated carbocycles. The highest BCUT2D eigenvalue weighted by atomic mass is 16.6. The first kappa shape index (κ1) is 17.3. The fourth-order valence-electron chi connectivity index (χ4n) is 1.99. The van der Waals surface area contributed by atoms with E-state index in [-0.39, 0.29) is 6.61 Å². The molecule has 9 nitrogen and oxygen atoms in total. The second-order valence-electron chi connectivity index (χ2n) is 4.66. The van der Waals surface area contributed by atoms with E-state index < -0.39 is 48.5 Å². The Morgan fingerprint density at radius 3 is 2.24 bits per heavy atom. The molecule has 9 heteroatoms. The first-order valence-corrected chi connectivity index (χ1v) is 6.31. The van der Waals surface area contributed by atoms with Crippen LogP contribution in [0.5, 0.6) is 0 Å². The van der Waals surface area contributed by atoms with E-state index >= 15 is 0 Å². The molecule has 1 aliphatic rings. The number of ether oxygens (including phenoxy) is 3. The molecule has 0 aromatic carbocycles. The normalized spacial score (nSPS) is 32.1. The van der Waals surface area contributed by atoms with Crippen molar-refractivity contribution in [1.29, 1.82) is 0 Å². The van der Waals surface area contributed by atoms with Crippen molar-refractivity contribution in [1.82, 2.24) is 5.32 Å². The summed E-state index contributed by atoms with van der Waals surface area (Å²) in [5.74, 6) is -1.78. The summed E-state index contributed by atoms with van der Waals surface area (Å²) in [5, 5.41) is 22.4. The number of nitrogens with one attached hydrogen (secondary N) is 1. The zero-order valence-electron chi connectivity index (χ0n) is 11.9. The molecule has 0 aromatic heterocycles. The van der Waals surface area contributed by atoms with Gasteiger partial charge in [0.15, 0.2) is 12.4 Å². The van der Waals surface area contributed by atoms with Gasteiger partial charge in [-0.05, 0) is 0 Å². The molecule has 1 saturated heterocycles. The molecule has 120 valence electrons. The number of aliphatic hydroxyl groups is 2. The lowest BCUT2D eigenvalue weighted by molar-refractivity contribution is -0.259. The van der Waals surface area contributed by atoms with Gasteiger partial charge >= 0.3 is 11.9 Å². The third kappa shape index (κ3) is 4.96. The summed E-state index contributed by atoms with van der Waals surface area (Å²) in [6, 6.07) is -1.13. The molecule has 3 unspecified atom stereocenters. The second-order valence-corrected chi connectivity index (χ2v) is 4.66.